The fourth-order valence-electron chi connectivity index (χ4n) is 3.36. The highest BCUT2D eigenvalue weighted by atomic mass is 16.5. The number of carboxylic acids is 1. The lowest BCUT2D eigenvalue weighted by Gasteiger charge is -2.23. The predicted molar refractivity (Wildman–Crippen MR) is 113 cm³/mol. The van der Waals surface area contributed by atoms with Gasteiger partial charge in [0.1, 0.15) is 5.75 Å². The SMILES string of the molecule is CCCCOc1cccc(Cc2ccc3c(c2)Oc2cccc(C(=O)O)c2N3)c1. The van der Waals surface area contributed by atoms with Gasteiger partial charge in [-0.05, 0) is 60.4 Å². The normalized spacial score (nSPS) is 11.6. The summed E-state index contributed by atoms with van der Waals surface area (Å²) in [4.78, 5) is 11.4. The molecule has 2 N–H and O–H groups in total. The number of para-hydroxylation sites is 1. The van der Waals surface area contributed by atoms with Crippen LogP contribution in [0.1, 0.15) is 41.3 Å². The van der Waals surface area contributed by atoms with Gasteiger partial charge < -0.3 is 19.9 Å². The third-order valence-corrected chi connectivity index (χ3v) is 4.86. The average molecular weight is 389 g/mol. The van der Waals surface area contributed by atoms with Crippen molar-refractivity contribution in [1.82, 2.24) is 0 Å². The van der Waals surface area contributed by atoms with Crippen molar-refractivity contribution in [3.63, 3.8) is 0 Å². The first-order chi connectivity index (χ1) is 14.1. The summed E-state index contributed by atoms with van der Waals surface area (Å²) in [5.74, 6) is 1.11. The van der Waals surface area contributed by atoms with Crippen molar-refractivity contribution in [1.29, 1.82) is 0 Å². The van der Waals surface area contributed by atoms with Gasteiger partial charge in [-0.15, -0.1) is 0 Å². The summed E-state index contributed by atoms with van der Waals surface area (Å²) in [6, 6.07) is 19.1. The molecule has 0 saturated heterocycles. The van der Waals surface area contributed by atoms with Crippen molar-refractivity contribution in [2.45, 2.75) is 26.2 Å². The van der Waals surface area contributed by atoms with Crippen LogP contribution < -0.4 is 14.8 Å². The van der Waals surface area contributed by atoms with Crippen molar-refractivity contribution in [2.24, 2.45) is 0 Å². The Morgan fingerprint density at radius 1 is 1.03 bits per heavy atom. The van der Waals surface area contributed by atoms with E-state index in [1.165, 1.54) is 0 Å². The quantitative estimate of drug-likeness (QED) is 0.379. The molecule has 4 rings (SSSR count). The molecule has 148 valence electrons. The van der Waals surface area contributed by atoms with Crippen LogP contribution in [0.3, 0.4) is 0 Å². The van der Waals surface area contributed by atoms with E-state index < -0.39 is 5.97 Å². The van der Waals surface area contributed by atoms with Crippen LogP contribution in [0, 0.1) is 0 Å². The second-order valence-electron chi connectivity index (χ2n) is 7.07. The highest BCUT2D eigenvalue weighted by Gasteiger charge is 2.22. The van der Waals surface area contributed by atoms with Gasteiger partial charge in [0, 0.05) is 0 Å². The van der Waals surface area contributed by atoms with E-state index in [0.29, 0.717) is 17.2 Å². The van der Waals surface area contributed by atoms with E-state index in [-0.39, 0.29) is 5.56 Å². The minimum Gasteiger partial charge on any atom is -0.494 e. The molecule has 0 saturated carbocycles. The monoisotopic (exact) mass is 389 g/mol. The predicted octanol–water partition coefficient (Wildman–Crippen LogP) is 6.00. The molecule has 0 bridgehead atoms. The lowest BCUT2D eigenvalue weighted by Crippen LogP contribution is -2.09. The molecule has 3 aromatic rings. The number of aromatic carboxylic acids is 1. The molecule has 0 aromatic heterocycles. The summed E-state index contributed by atoms with van der Waals surface area (Å²) in [5, 5.41) is 12.6. The maximum atomic E-state index is 11.4. The number of hydrogen-bond donors (Lipinski definition) is 2. The van der Waals surface area contributed by atoms with Crippen molar-refractivity contribution in [3.8, 4) is 17.2 Å². The lowest BCUT2D eigenvalue weighted by molar-refractivity contribution is 0.0697. The first-order valence-corrected chi connectivity index (χ1v) is 9.80. The van der Waals surface area contributed by atoms with Crippen molar-refractivity contribution < 1.29 is 19.4 Å². The van der Waals surface area contributed by atoms with Crippen LogP contribution in [0.15, 0.2) is 60.7 Å². The van der Waals surface area contributed by atoms with Gasteiger partial charge in [0.25, 0.3) is 0 Å². The van der Waals surface area contributed by atoms with E-state index in [4.69, 9.17) is 9.47 Å². The van der Waals surface area contributed by atoms with Gasteiger partial charge in [-0.2, -0.15) is 0 Å². The highest BCUT2D eigenvalue weighted by Crippen LogP contribution is 2.44. The number of unbranched alkanes of at least 4 members (excludes halogenated alkanes) is 1. The largest absolute Gasteiger partial charge is 0.494 e. The zero-order chi connectivity index (χ0) is 20.2. The van der Waals surface area contributed by atoms with Crippen LogP contribution in [0.4, 0.5) is 11.4 Å². The number of carbonyl (C=O) groups is 1. The molecule has 0 amide bonds. The molecule has 0 aliphatic carbocycles. The minimum absolute atomic E-state index is 0.192. The van der Waals surface area contributed by atoms with Gasteiger partial charge >= 0.3 is 5.97 Å². The zero-order valence-corrected chi connectivity index (χ0v) is 16.3. The van der Waals surface area contributed by atoms with Gasteiger partial charge in [-0.3, -0.25) is 0 Å². The molecule has 29 heavy (non-hydrogen) atoms. The van der Waals surface area contributed by atoms with Gasteiger partial charge in [0.05, 0.1) is 23.5 Å². The standard InChI is InChI=1S/C24H23NO4/c1-2-3-12-28-18-7-4-6-16(14-18)13-17-10-11-20-22(15-17)29-21-9-5-8-19(24(26)27)23(21)25-20/h4-11,14-15,25H,2-3,12-13H2,1H3,(H,26,27). The first kappa shape index (κ1) is 18.9. The number of ether oxygens (including phenoxy) is 2. The maximum absolute atomic E-state index is 11.4. The van der Waals surface area contributed by atoms with E-state index in [1.54, 1.807) is 18.2 Å². The molecule has 5 heteroatoms. The van der Waals surface area contributed by atoms with Crippen LogP contribution in [0.2, 0.25) is 0 Å². The Balaban J connectivity index is 1.52. The van der Waals surface area contributed by atoms with Crippen LogP contribution in [0.25, 0.3) is 0 Å². The molecule has 1 heterocycles. The summed E-state index contributed by atoms with van der Waals surface area (Å²) in [7, 11) is 0. The summed E-state index contributed by atoms with van der Waals surface area (Å²) < 4.78 is 11.8. The van der Waals surface area contributed by atoms with Gasteiger partial charge in [0.2, 0.25) is 0 Å². The van der Waals surface area contributed by atoms with E-state index in [9.17, 15) is 9.90 Å². The molecule has 0 fully saturated rings. The Labute approximate surface area is 169 Å². The van der Waals surface area contributed by atoms with Crippen LogP contribution in [-0.2, 0) is 6.42 Å². The zero-order valence-electron chi connectivity index (χ0n) is 16.3. The van der Waals surface area contributed by atoms with Crippen molar-refractivity contribution >= 4 is 17.3 Å². The molecule has 1 aliphatic heterocycles. The molecule has 3 aromatic carbocycles. The lowest BCUT2D eigenvalue weighted by atomic mass is 10.0. The van der Waals surface area contributed by atoms with Crippen LogP contribution in [-0.4, -0.2) is 17.7 Å². The third kappa shape index (κ3) is 4.19. The fraction of sp³-hybridized carbons (Fsp3) is 0.208. The molecule has 5 nitrogen and oxygen atoms in total. The number of carboxylic acid groups (broad SMARTS) is 1. The summed E-state index contributed by atoms with van der Waals surface area (Å²) in [5.41, 5.74) is 3.70. The Morgan fingerprint density at radius 3 is 2.69 bits per heavy atom. The highest BCUT2D eigenvalue weighted by molar-refractivity contribution is 5.98. The minimum atomic E-state index is -0.987. The van der Waals surface area contributed by atoms with Crippen molar-refractivity contribution in [3.05, 3.63) is 77.4 Å². The smallest absolute Gasteiger partial charge is 0.337 e. The number of nitrogens with one attached hydrogen (secondary N) is 1. The number of rotatable bonds is 7. The van der Waals surface area contributed by atoms with Crippen LogP contribution in [0.5, 0.6) is 17.2 Å². The fourth-order valence-corrected chi connectivity index (χ4v) is 3.36. The molecule has 0 atom stereocenters. The molecular formula is C24H23NO4. The Bertz CT molecular complexity index is 1040. The van der Waals surface area contributed by atoms with Crippen LogP contribution >= 0.6 is 0 Å². The number of anilines is 2. The molecule has 0 unspecified atom stereocenters. The number of hydrogen-bond acceptors (Lipinski definition) is 4. The van der Waals surface area contributed by atoms with E-state index in [0.717, 1.165) is 48.4 Å². The third-order valence-electron chi connectivity index (χ3n) is 4.86. The Kier molecular flexibility index (Phi) is 5.38. The summed E-state index contributed by atoms with van der Waals surface area (Å²) in [6.07, 6.45) is 2.91. The summed E-state index contributed by atoms with van der Waals surface area (Å²) in [6.45, 7) is 2.88. The Hall–Kier alpha value is -3.47. The molecule has 0 spiro atoms. The van der Waals surface area contributed by atoms with Crippen molar-refractivity contribution in [2.75, 3.05) is 11.9 Å². The second kappa shape index (κ2) is 8.27. The Morgan fingerprint density at radius 2 is 1.86 bits per heavy atom. The number of benzene rings is 3. The summed E-state index contributed by atoms with van der Waals surface area (Å²) >= 11 is 0. The second-order valence-corrected chi connectivity index (χ2v) is 7.07. The number of fused-ring (bicyclic) bond motifs is 2. The maximum Gasteiger partial charge on any atom is 0.337 e. The van der Waals surface area contributed by atoms with E-state index in [2.05, 4.69) is 24.4 Å². The van der Waals surface area contributed by atoms with E-state index in [1.807, 2.05) is 30.3 Å². The molecular weight excluding hydrogens is 366 g/mol. The van der Waals surface area contributed by atoms with Gasteiger partial charge in [-0.25, -0.2) is 4.79 Å². The van der Waals surface area contributed by atoms with Gasteiger partial charge in [-0.1, -0.05) is 37.6 Å². The topological polar surface area (TPSA) is 67.8 Å². The van der Waals surface area contributed by atoms with E-state index >= 15 is 0 Å². The average Bonchev–Trinajstić information content (AvgIpc) is 2.72. The molecule has 1 aliphatic rings. The first-order valence-electron chi connectivity index (χ1n) is 9.80. The molecule has 0 radical (unpaired) electrons. The van der Waals surface area contributed by atoms with Gasteiger partial charge in [0.15, 0.2) is 11.5 Å².